The van der Waals surface area contributed by atoms with Gasteiger partial charge in [-0.1, -0.05) is 92.8 Å². The van der Waals surface area contributed by atoms with Crippen molar-refractivity contribution in [1.82, 2.24) is 5.32 Å². The quantitative estimate of drug-likeness (QED) is 0.373. The summed E-state index contributed by atoms with van der Waals surface area (Å²) in [5.41, 5.74) is 3.74. The number of fused-ring (bicyclic) bond motifs is 1. The van der Waals surface area contributed by atoms with E-state index in [1.807, 2.05) is 0 Å². The minimum absolute atomic E-state index is 0.600. The van der Waals surface area contributed by atoms with Crippen LogP contribution in [-0.2, 0) is 13.2 Å². The van der Waals surface area contributed by atoms with E-state index in [4.69, 9.17) is 4.74 Å². The Kier molecular flexibility index (Phi) is 7.93. The first-order valence-corrected chi connectivity index (χ1v) is 10.7. The molecule has 2 nitrogen and oxygen atoms in total. The molecule has 0 bridgehead atoms. The molecule has 0 spiro atoms. The molecule has 0 amide bonds. The average molecular weight is 376 g/mol. The highest BCUT2D eigenvalue weighted by atomic mass is 16.5. The van der Waals surface area contributed by atoms with Gasteiger partial charge in [0, 0.05) is 12.1 Å². The Morgan fingerprint density at radius 3 is 2.43 bits per heavy atom. The number of benzene rings is 3. The highest BCUT2D eigenvalue weighted by Gasteiger charge is 2.09. The zero-order chi connectivity index (χ0) is 19.6. The Bertz CT molecular complexity index is 854. The summed E-state index contributed by atoms with van der Waals surface area (Å²) in [5, 5.41) is 6.19. The highest BCUT2D eigenvalue weighted by Crippen LogP contribution is 2.29. The van der Waals surface area contributed by atoms with Crippen LogP contribution in [0.25, 0.3) is 10.8 Å². The third-order valence-corrected chi connectivity index (χ3v) is 5.27. The van der Waals surface area contributed by atoms with Crippen molar-refractivity contribution in [1.29, 1.82) is 0 Å². The van der Waals surface area contributed by atoms with Crippen LogP contribution in [0.2, 0.25) is 0 Å². The summed E-state index contributed by atoms with van der Waals surface area (Å²) < 4.78 is 6.24. The SMILES string of the molecule is CCCCCCCNCc1c(OCc2ccc(C)cc2)ccc2ccccc12. The van der Waals surface area contributed by atoms with Crippen molar-refractivity contribution in [2.45, 2.75) is 59.1 Å². The maximum Gasteiger partial charge on any atom is 0.124 e. The van der Waals surface area contributed by atoms with Crippen LogP contribution in [0.5, 0.6) is 5.75 Å². The smallest absolute Gasteiger partial charge is 0.124 e. The molecule has 0 radical (unpaired) electrons. The molecule has 0 fully saturated rings. The molecule has 1 N–H and O–H groups in total. The maximum atomic E-state index is 6.24. The van der Waals surface area contributed by atoms with E-state index in [0.29, 0.717) is 6.61 Å². The Balaban J connectivity index is 1.66. The van der Waals surface area contributed by atoms with Crippen molar-refractivity contribution < 1.29 is 4.74 Å². The molecule has 2 heteroatoms. The number of ether oxygens (including phenoxy) is 1. The van der Waals surface area contributed by atoms with Crippen LogP contribution in [0.15, 0.2) is 60.7 Å². The lowest BCUT2D eigenvalue weighted by Crippen LogP contribution is -2.16. The van der Waals surface area contributed by atoms with Gasteiger partial charge < -0.3 is 10.1 Å². The molecule has 0 unspecified atom stereocenters. The van der Waals surface area contributed by atoms with Crippen LogP contribution < -0.4 is 10.1 Å². The maximum absolute atomic E-state index is 6.24. The van der Waals surface area contributed by atoms with E-state index >= 15 is 0 Å². The minimum Gasteiger partial charge on any atom is -0.489 e. The van der Waals surface area contributed by atoms with Gasteiger partial charge in [-0.25, -0.2) is 0 Å². The molecule has 0 aliphatic heterocycles. The van der Waals surface area contributed by atoms with Crippen LogP contribution in [0, 0.1) is 6.92 Å². The van der Waals surface area contributed by atoms with E-state index in [1.165, 1.54) is 59.6 Å². The lowest BCUT2D eigenvalue weighted by Gasteiger charge is -2.15. The zero-order valence-corrected chi connectivity index (χ0v) is 17.3. The molecule has 0 aliphatic rings. The molecule has 28 heavy (non-hydrogen) atoms. The summed E-state index contributed by atoms with van der Waals surface area (Å²) in [7, 11) is 0. The van der Waals surface area contributed by atoms with Crippen molar-refractivity contribution in [3.05, 3.63) is 77.4 Å². The van der Waals surface area contributed by atoms with Gasteiger partial charge in [0.25, 0.3) is 0 Å². The largest absolute Gasteiger partial charge is 0.489 e. The van der Waals surface area contributed by atoms with Crippen molar-refractivity contribution in [2.24, 2.45) is 0 Å². The van der Waals surface area contributed by atoms with Crippen LogP contribution in [-0.4, -0.2) is 6.54 Å². The van der Waals surface area contributed by atoms with Crippen LogP contribution in [0.1, 0.15) is 55.7 Å². The van der Waals surface area contributed by atoms with Crippen molar-refractivity contribution in [2.75, 3.05) is 6.54 Å². The Morgan fingerprint density at radius 1 is 0.821 bits per heavy atom. The zero-order valence-electron chi connectivity index (χ0n) is 17.3. The molecule has 0 atom stereocenters. The molecule has 0 saturated carbocycles. The Morgan fingerprint density at radius 2 is 1.61 bits per heavy atom. The van der Waals surface area contributed by atoms with Gasteiger partial charge in [-0.05, 0) is 42.3 Å². The highest BCUT2D eigenvalue weighted by molar-refractivity contribution is 5.87. The van der Waals surface area contributed by atoms with E-state index in [-0.39, 0.29) is 0 Å². The first kappa shape index (κ1) is 20.4. The topological polar surface area (TPSA) is 21.3 Å². The van der Waals surface area contributed by atoms with Crippen molar-refractivity contribution >= 4 is 10.8 Å². The molecule has 0 aliphatic carbocycles. The summed E-state index contributed by atoms with van der Waals surface area (Å²) in [6.07, 6.45) is 6.54. The second-order valence-electron chi connectivity index (χ2n) is 7.63. The minimum atomic E-state index is 0.600. The summed E-state index contributed by atoms with van der Waals surface area (Å²) in [6.45, 7) is 6.88. The normalized spacial score (nSPS) is 11.1. The van der Waals surface area contributed by atoms with Gasteiger partial charge in [0.1, 0.15) is 12.4 Å². The third kappa shape index (κ3) is 5.84. The molecule has 3 rings (SSSR count). The molecule has 0 saturated heterocycles. The molecule has 148 valence electrons. The first-order chi connectivity index (χ1) is 13.8. The van der Waals surface area contributed by atoms with Crippen LogP contribution >= 0.6 is 0 Å². The second kappa shape index (κ2) is 10.9. The number of hydrogen-bond donors (Lipinski definition) is 1. The monoisotopic (exact) mass is 375 g/mol. The number of nitrogens with one attached hydrogen (secondary N) is 1. The number of unbranched alkanes of at least 4 members (excludes halogenated alkanes) is 4. The first-order valence-electron chi connectivity index (χ1n) is 10.7. The molecular formula is C26H33NO. The van der Waals surface area contributed by atoms with Gasteiger partial charge in [0.05, 0.1) is 0 Å². The van der Waals surface area contributed by atoms with Crippen LogP contribution in [0.3, 0.4) is 0 Å². The van der Waals surface area contributed by atoms with Crippen molar-refractivity contribution in [3.8, 4) is 5.75 Å². The van der Waals surface area contributed by atoms with Crippen molar-refractivity contribution in [3.63, 3.8) is 0 Å². The van der Waals surface area contributed by atoms with Gasteiger partial charge >= 0.3 is 0 Å². The lowest BCUT2D eigenvalue weighted by atomic mass is 10.0. The molecular weight excluding hydrogens is 342 g/mol. The van der Waals surface area contributed by atoms with Gasteiger partial charge in [0.2, 0.25) is 0 Å². The predicted molar refractivity (Wildman–Crippen MR) is 120 cm³/mol. The van der Waals surface area contributed by atoms with E-state index in [0.717, 1.165) is 18.8 Å². The molecule has 0 heterocycles. The fraction of sp³-hybridized carbons (Fsp3) is 0.385. The fourth-order valence-corrected chi connectivity index (χ4v) is 3.55. The van der Waals surface area contributed by atoms with Gasteiger partial charge in [-0.2, -0.15) is 0 Å². The summed E-state index contributed by atoms with van der Waals surface area (Å²) in [6, 6.07) is 21.4. The third-order valence-electron chi connectivity index (χ3n) is 5.27. The number of rotatable bonds is 11. The van der Waals surface area contributed by atoms with E-state index in [2.05, 4.69) is 79.8 Å². The van der Waals surface area contributed by atoms with Gasteiger partial charge in [-0.15, -0.1) is 0 Å². The standard InChI is InChI=1S/C26H33NO/c1-3-4-5-6-9-18-27-19-25-24-11-8-7-10-23(24)16-17-26(25)28-20-22-14-12-21(2)13-15-22/h7-8,10-17,27H,3-6,9,18-20H2,1-2H3. The Hall–Kier alpha value is -2.32. The fourth-order valence-electron chi connectivity index (χ4n) is 3.55. The van der Waals surface area contributed by atoms with Gasteiger partial charge in [0.15, 0.2) is 0 Å². The molecule has 0 aromatic heterocycles. The molecule has 3 aromatic carbocycles. The molecule has 3 aromatic rings. The van der Waals surface area contributed by atoms with Gasteiger partial charge in [-0.3, -0.25) is 0 Å². The average Bonchev–Trinajstić information content (AvgIpc) is 2.73. The number of hydrogen-bond acceptors (Lipinski definition) is 2. The van der Waals surface area contributed by atoms with E-state index < -0.39 is 0 Å². The lowest BCUT2D eigenvalue weighted by molar-refractivity contribution is 0.302. The number of aryl methyl sites for hydroxylation is 1. The summed E-state index contributed by atoms with van der Waals surface area (Å²) >= 11 is 0. The van der Waals surface area contributed by atoms with E-state index in [1.54, 1.807) is 0 Å². The second-order valence-corrected chi connectivity index (χ2v) is 7.63. The summed E-state index contributed by atoms with van der Waals surface area (Å²) in [4.78, 5) is 0. The Labute approximate surface area is 169 Å². The predicted octanol–water partition coefficient (Wildman–Crippen LogP) is 6.79. The van der Waals surface area contributed by atoms with Crippen LogP contribution in [0.4, 0.5) is 0 Å². The summed E-state index contributed by atoms with van der Waals surface area (Å²) in [5.74, 6) is 0.984. The van der Waals surface area contributed by atoms with E-state index in [9.17, 15) is 0 Å².